The van der Waals surface area contributed by atoms with Gasteiger partial charge >= 0.3 is 0 Å². The van der Waals surface area contributed by atoms with E-state index in [1.807, 2.05) is 5.38 Å². The second kappa shape index (κ2) is 9.20. The number of furan rings is 1. The standard InChI is InChI=1S/C21H21N3O4S/c1-14(19(25)22-13-15-7-5-11-28-15)23-20(26)16-8-3-4-9-17(16)24(2)21(27)18-10-6-12-29-18/h3-12,14H,13H2,1-2H3,(H,22,25)(H,23,26). The van der Waals surface area contributed by atoms with Crippen LogP contribution in [0.15, 0.2) is 64.6 Å². The molecule has 1 unspecified atom stereocenters. The van der Waals surface area contributed by atoms with Crippen molar-refractivity contribution in [2.45, 2.75) is 19.5 Å². The molecule has 2 N–H and O–H groups in total. The molecule has 0 saturated carbocycles. The summed E-state index contributed by atoms with van der Waals surface area (Å²) in [6.07, 6.45) is 1.53. The summed E-state index contributed by atoms with van der Waals surface area (Å²) in [5.74, 6) is -0.359. The first-order chi connectivity index (χ1) is 14.0. The van der Waals surface area contributed by atoms with Crippen molar-refractivity contribution < 1.29 is 18.8 Å². The zero-order valence-corrected chi connectivity index (χ0v) is 16.9. The second-order valence-electron chi connectivity index (χ2n) is 6.35. The molecule has 2 aromatic heterocycles. The number of carbonyl (C=O) groups is 3. The van der Waals surface area contributed by atoms with E-state index in [1.54, 1.807) is 62.5 Å². The van der Waals surface area contributed by atoms with Gasteiger partial charge in [0, 0.05) is 7.05 Å². The van der Waals surface area contributed by atoms with Crippen molar-refractivity contribution in [1.29, 1.82) is 0 Å². The first kappa shape index (κ1) is 20.3. The molecule has 1 atom stereocenters. The molecule has 0 aliphatic rings. The molecule has 0 bridgehead atoms. The van der Waals surface area contributed by atoms with Gasteiger partial charge in [-0.05, 0) is 42.6 Å². The van der Waals surface area contributed by atoms with E-state index < -0.39 is 11.9 Å². The van der Waals surface area contributed by atoms with Crippen molar-refractivity contribution in [3.8, 4) is 0 Å². The molecule has 3 amide bonds. The summed E-state index contributed by atoms with van der Waals surface area (Å²) in [4.78, 5) is 39.7. The SMILES string of the molecule is CC(NC(=O)c1ccccc1N(C)C(=O)c1cccs1)C(=O)NCc1ccco1. The average molecular weight is 411 g/mol. The summed E-state index contributed by atoms with van der Waals surface area (Å²) in [6.45, 7) is 1.83. The quantitative estimate of drug-likeness (QED) is 0.625. The number of nitrogens with one attached hydrogen (secondary N) is 2. The van der Waals surface area contributed by atoms with Crippen LogP contribution in [-0.2, 0) is 11.3 Å². The highest BCUT2D eigenvalue weighted by Crippen LogP contribution is 2.22. The van der Waals surface area contributed by atoms with Gasteiger partial charge in [-0.1, -0.05) is 18.2 Å². The summed E-state index contributed by atoms with van der Waals surface area (Å²) < 4.78 is 5.17. The van der Waals surface area contributed by atoms with Gasteiger partial charge in [-0.15, -0.1) is 11.3 Å². The van der Waals surface area contributed by atoms with Gasteiger partial charge in [-0.3, -0.25) is 14.4 Å². The van der Waals surface area contributed by atoms with Gasteiger partial charge in [0.15, 0.2) is 0 Å². The minimum atomic E-state index is -0.760. The first-order valence-electron chi connectivity index (χ1n) is 8.99. The molecule has 0 saturated heterocycles. The van der Waals surface area contributed by atoms with Gasteiger partial charge in [0.05, 0.1) is 28.9 Å². The van der Waals surface area contributed by atoms with E-state index in [9.17, 15) is 14.4 Å². The van der Waals surface area contributed by atoms with Gasteiger partial charge in [-0.25, -0.2) is 0 Å². The van der Waals surface area contributed by atoms with E-state index in [4.69, 9.17) is 4.42 Å². The van der Waals surface area contributed by atoms with Crippen molar-refractivity contribution in [2.75, 3.05) is 11.9 Å². The van der Waals surface area contributed by atoms with Crippen LogP contribution in [0.1, 0.15) is 32.7 Å². The number of thiophene rings is 1. The van der Waals surface area contributed by atoms with Crippen LogP contribution in [0.4, 0.5) is 5.69 Å². The number of hydrogen-bond donors (Lipinski definition) is 2. The Bertz CT molecular complexity index is 983. The lowest BCUT2D eigenvalue weighted by Crippen LogP contribution is -2.45. The highest BCUT2D eigenvalue weighted by atomic mass is 32.1. The number of rotatable bonds is 7. The molecule has 0 fully saturated rings. The van der Waals surface area contributed by atoms with Gasteiger partial charge in [0.1, 0.15) is 11.8 Å². The fourth-order valence-electron chi connectivity index (χ4n) is 2.71. The lowest BCUT2D eigenvalue weighted by molar-refractivity contribution is -0.122. The van der Waals surface area contributed by atoms with E-state index in [0.717, 1.165) is 0 Å². The van der Waals surface area contributed by atoms with E-state index in [0.29, 0.717) is 21.9 Å². The molecule has 29 heavy (non-hydrogen) atoms. The summed E-state index contributed by atoms with van der Waals surface area (Å²) in [6, 6.07) is 13.0. The Kier molecular flexibility index (Phi) is 6.46. The number of amides is 3. The maximum atomic E-state index is 12.8. The fourth-order valence-corrected chi connectivity index (χ4v) is 3.41. The second-order valence-corrected chi connectivity index (χ2v) is 7.30. The highest BCUT2D eigenvalue weighted by molar-refractivity contribution is 7.12. The number of anilines is 1. The molecular formula is C21H21N3O4S. The third-order valence-electron chi connectivity index (χ3n) is 4.30. The molecule has 7 nitrogen and oxygen atoms in total. The minimum absolute atomic E-state index is 0.204. The Hall–Kier alpha value is -3.39. The zero-order chi connectivity index (χ0) is 20.8. The molecule has 3 aromatic rings. The Morgan fingerprint density at radius 3 is 2.59 bits per heavy atom. The van der Waals surface area contributed by atoms with Crippen molar-refractivity contribution >= 4 is 34.7 Å². The van der Waals surface area contributed by atoms with Gasteiger partial charge in [0.25, 0.3) is 11.8 Å². The topological polar surface area (TPSA) is 91.7 Å². The number of para-hydroxylation sites is 1. The number of benzene rings is 1. The maximum absolute atomic E-state index is 12.8. The largest absolute Gasteiger partial charge is 0.467 e. The van der Waals surface area contributed by atoms with E-state index in [-0.39, 0.29) is 18.4 Å². The molecule has 3 rings (SSSR count). The Morgan fingerprint density at radius 1 is 1.10 bits per heavy atom. The Balaban J connectivity index is 1.67. The number of hydrogen-bond acceptors (Lipinski definition) is 5. The van der Waals surface area contributed by atoms with Crippen LogP contribution in [0, 0.1) is 0 Å². The van der Waals surface area contributed by atoms with Crippen LogP contribution in [0.3, 0.4) is 0 Å². The van der Waals surface area contributed by atoms with Crippen molar-refractivity contribution in [2.24, 2.45) is 0 Å². The smallest absolute Gasteiger partial charge is 0.268 e. The molecule has 150 valence electrons. The third-order valence-corrected chi connectivity index (χ3v) is 5.16. The number of carbonyl (C=O) groups excluding carboxylic acids is 3. The van der Waals surface area contributed by atoms with Crippen LogP contribution in [0.25, 0.3) is 0 Å². The van der Waals surface area contributed by atoms with Gasteiger partial charge < -0.3 is 20.0 Å². The molecule has 0 aliphatic heterocycles. The lowest BCUT2D eigenvalue weighted by atomic mass is 10.1. The number of nitrogens with zero attached hydrogens (tertiary/aromatic N) is 1. The van der Waals surface area contributed by atoms with E-state index in [1.165, 1.54) is 22.5 Å². The van der Waals surface area contributed by atoms with Crippen LogP contribution < -0.4 is 15.5 Å². The molecule has 2 heterocycles. The van der Waals surface area contributed by atoms with E-state index in [2.05, 4.69) is 10.6 Å². The minimum Gasteiger partial charge on any atom is -0.467 e. The predicted octanol–water partition coefficient (Wildman–Crippen LogP) is 3.05. The molecular weight excluding hydrogens is 390 g/mol. The molecule has 0 aliphatic carbocycles. The first-order valence-corrected chi connectivity index (χ1v) is 9.87. The van der Waals surface area contributed by atoms with Gasteiger partial charge in [-0.2, -0.15) is 0 Å². The monoisotopic (exact) mass is 411 g/mol. The zero-order valence-electron chi connectivity index (χ0n) is 16.0. The Labute approximate surface area is 172 Å². The van der Waals surface area contributed by atoms with Crippen molar-refractivity contribution in [1.82, 2.24) is 10.6 Å². The van der Waals surface area contributed by atoms with Crippen molar-refractivity contribution in [3.63, 3.8) is 0 Å². The van der Waals surface area contributed by atoms with Crippen molar-refractivity contribution in [3.05, 3.63) is 76.4 Å². The van der Waals surface area contributed by atoms with E-state index >= 15 is 0 Å². The van der Waals surface area contributed by atoms with Gasteiger partial charge in [0.2, 0.25) is 5.91 Å². The molecule has 8 heteroatoms. The Morgan fingerprint density at radius 2 is 1.90 bits per heavy atom. The highest BCUT2D eigenvalue weighted by Gasteiger charge is 2.22. The fraction of sp³-hybridized carbons (Fsp3) is 0.190. The summed E-state index contributed by atoms with van der Waals surface area (Å²) in [5, 5.41) is 7.21. The van der Waals surface area contributed by atoms with Crippen LogP contribution in [-0.4, -0.2) is 30.8 Å². The predicted molar refractivity (Wildman–Crippen MR) is 111 cm³/mol. The lowest BCUT2D eigenvalue weighted by Gasteiger charge is -2.21. The van der Waals surface area contributed by atoms with Crippen LogP contribution >= 0.6 is 11.3 Å². The van der Waals surface area contributed by atoms with Crippen LogP contribution in [0.5, 0.6) is 0 Å². The molecule has 0 radical (unpaired) electrons. The normalized spacial score (nSPS) is 11.5. The third kappa shape index (κ3) is 4.91. The summed E-state index contributed by atoms with van der Waals surface area (Å²) in [5.41, 5.74) is 0.775. The summed E-state index contributed by atoms with van der Waals surface area (Å²) in [7, 11) is 1.62. The maximum Gasteiger partial charge on any atom is 0.268 e. The summed E-state index contributed by atoms with van der Waals surface area (Å²) >= 11 is 1.33. The van der Waals surface area contributed by atoms with Crippen LogP contribution in [0.2, 0.25) is 0 Å². The average Bonchev–Trinajstić information content (AvgIpc) is 3.45. The molecule has 0 spiro atoms. The molecule has 1 aromatic carbocycles.